The van der Waals surface area contributed by atoms with Crippen LogP contribution in [0.5, 0.6) is 0 Å². The Bertz CT molecular complexity index is 940. The molecule has 4 rings (SSSR count). The summed E-state index contributed by atoms with van der Waals surface area (Å²) in [5.74, 6) is 0.159. The Morgan fingerprint density at radius 3 is 2.88 bits per heavy atom. The molecule has 1 aliphatic rings. The van der Waals surface area contributed by atoms with E-state index in [0.29, 0.717) is 5.56 Å². The fourth-order valence-corrected chi connectivity index (χ4v) is 5.43. The van der Waals surface area contributed by atoms with Crippen LogP contribution in [0.2, 0.25) is 0 Å². The molecule has 0 bridgehead atoms. The van der Waals surface area contributed by atoms with E-state index in [-0.39, 0.29) is 5.91 Å². The highest BCUT2D eigenvalue weighted by Crippen LogP contribution is 2.30. The molecule has 26 heavy (non-hydrogen) atoms. The van der Waals surface area contributed by atoms with Crippen LogP contribution in [-0.2, 0) is 6.54 Å². The zero-order chi connectivity index (χ0) is 17.9. The molecule has 6 heteroatoms. The number of thiophene rings is 2. The Kier molecular flexibility index (Phi) is 5.02. The van der Waals surface area contributed by atoms with Crippen molar-refractivity contribution in [3.05, 3.63) is 57.8 Å². The van der Waals surface area contributed by atoms with Gasteiger partial charge < -0.3 is 4.90 Å². The maximum Gasteiger partial charge on any atom is 0.264 e. The largest absolute Gasteiger partial charge is 0.337 e. The van der Waals surface area contributed by atoms with Crippen LogP contribution in [0.1, 0.15) is 27.2 Å². The minimum Gasteiger partial charge on any atom is -0.337 e. The van der Waals surface area contributed by atoms with Crippen molar-refractivity contribution in [3.63, 3.8) is 0 Å². The molecule has 1 saturated heterocycles. The normalized spacial score (nSPS) is 15.7. The number of fused-ring (bicyclic) bond motifs is 1. The third-order valence-corrected chi connectivity index (χ3v) is 6.77. The summed E-state index contributed by atoms with van der Waals surface area (Å²) in [4.78, 5) is 18.1. The molecule has 1 aromatic carbocycles. The lowest BCUT2D eigenvalue weighted by Gasteiger charge is -2.21. The molecule has 1 amide bonds. The van der Waals surface area contributed by atoms with Gasteiger partial charge in [-0.05, 0) is 41.6 Å². The molecular formula is C20H19N3OS2. The zero-order valence-corrected chi connectivity index (χ0v) is 16.0. The van der Waals surface area contributed by atoms with E-state index in [2.05, 4.69) is 28.5 Å². The van der Waals surface area contributed by atoms with Crippen LogP contribution in [0.15, 0.2) is 41.8 Å². The summed E-state index contributed by atoms with van der Waals surface area (Å²) in [5, 5.41) is 11.1. The second kappa shape index (κ2) is 7.58. The number of benzene rings is 1. The van der Waals surface area contributed by atoms with Gasteiger partial charge in [-0.25, -0.2) is 0 Å². The number of rotatable bonds is 3. The number of hydrogen-bond donors (Lipinski definition) is 0. The Labute approximate surface area is 160 Å². The van der Waals surface area contributed by atoms with Crippen LogP contribution in [0.4, 0.5) is 0 Å². The third-order valence-electron chi connectivity index (χ3n) is 4.69. The quantitative estimate of drug-likeness (QED) is 0.684. The van der Waals surface area contributed by atoms with E-state index < -0.39 is 0 Å². The SMILES string of the molecule is N#Cc1cccc(CN2CCCN(C(=O)c3cc4sccc4s3)CC2)c1. The minimum absolute atomic E-state index is 0.159. The Balaban J connectivity index is 1.40. The molecule has 0 radical (unpaired) electrons. The van der Waals surface area contributed by atoms with Gasteiger partial charge in [0.1, 0.15) is 0 Å². The Morgan fingerprint density at radius 2 is 2.04 bits per heavy atom. The first-order valence-corrected chi connectivity index (χ1v) is 10.4. The molecule has 0 saturated carbocycles. The summed E-state index contributed by atoms with van der Waals surface area (Å²) in [6.07, 6.45) is 0.976. The van der Waals surface area contributed by atoms with E-state index in [4.69, 9.17) is 5.26 Å². The second-order valence-corrected chi connectivity index (χ2v) is 8.53. The van der Waals surface area contributed by atoms with Gasteiger partial charge in [0.25, 0.3) is 5.91 Å². The zero-order valence-electron chi connectivity index (χ0n) is 14.4. The van der Waals surface area contributed by atoms with E-state index in [1.165, 1.54) is 9.40 Å². The summed E-state index contributed by atoms with van der Waals surface area (Å²) in [6, 6.07) is 14.1. The van der Waals surface area contributed by atoms with Crippen LogP contribution >= 0.6 is 22.7 Å². The first kappa shape index (κ1) is 17.2. The molecule has 1 fully saturated rings. The van der Waals surface area contributed by atoms with Crippen molar-refractivity contribution in [1.82, 2.24) is 9.80 Å². The standard InChI is InChI=1S/C20H19N3OS2/c21-13-15-3-1-4-16(11-15)14-22-6-2-7-23(9-8-22)20(24)19-12-18-17(26-19)5-10-25-18/h1,3-5,10-12H,2,6-9,14H2. The van der Waals surface area contributed by atoms with Crippen LogP contribution in [-0.4, -0.2) is 41.9 Å². The highest BCUT2D eigenvalue weighted by atomic mass is 32.1. The average Bonchev–Trinajstić information content (AvgIpc) is 3.18. The molecule has 2 aromatic heterocycles. The van der Waals surface area contributed by atoms with Crippen LogP contribution in [0, 0.1) is 11.3 Å². The van der Waals surface area contributed by atoms with Crippen LogP contribution in [0.3, 0.4) is 0 Å². The maximum atomic E-state index is 12.9. The first-order chi connectivity index (χ1) is 12.7. The third kappa shape index (κ3) is 3.65. The van der Waals surface area contributed by atoms with Gasteiger partial charge >= 0.3 is 0 Å². The summed E-state index contributed by atoms with van der Waals surface area (Å²) in [7, 11) is 0. The molecular weight excluding hydrogens is 362 g/mol. The minimum atomic E-state index is 0.159. The second-order valence-electron chi connectivity index (χ2n) is 6.49. The van der Waals surface area contributed by atoms with Crippen LogP contribution in [0.25, 0.3) is 9.40 Å². The van der Waals surface area contributed by atoms with Gasteiger partial charge in [-0.3, -0.25) is 9.69 Å². The molecule has 1 aliphatic heterocycles. The first-order valence-electron chi connectivity index (χ1n) is 8.70. The fraction of sp³-hybridized carbons (Fsp3) is 0.300. The lowest BCUT2D eigenvalue weighted by atomic mass is 10.1. The van der Waals surface area contributed by atoms with Crippen LogP contribution < -0.4 is 0 Å². The lowest BCUT2D eigenvalue weighted by molar-refractivity contribution is 0.0766. The van der Waals surface area contributed by atoms with Gasteiger partial charge in [-0.1, -0.05) is 12.1 Å². The van der Waals surface area contributed by atoms with Gasteiger partial charge in [0.05, 0.1) is 16.5 Å². The van der Waals surface area contributed by atoms with Crippen molar-refractivity contribution < 1.29 is 4.79 Å². The van der Waals surface area contributed by atoms with Gasteiger partial charge in [0.2, 0.25) is 0 Å². The molecule has 132 valence electrons. The number of nitrogens with zero attached hydrogens (tertiary/aromatic N) is 3. The van der Waals surface area contributed by atoms with Crippen molar-refractivity contribution >= 4 is 38.0 Å². The molecule has 0 N–H and O–H groups in total. The van der Waals surface area contributed by atoms with E-state index in [9.17, 15) is 4.79 Å². The number of hydrogen-bond acceptors (Lipinski definition) is 5. The fourth-order valence-electron chi connectivity index (χ4n) is 3.36. The molecule has 4 nitrogen and oxygen atoms in total. The van der Waals surface area contributed by atoms with Crippen molar-refractivity contribution in [2.75, 3.05) is 26.2 Å². The summed E-state index contributed by atoms with van der Waals surface area (Å²) < 4.78 is 2.40. The van der Waals surface area contributed by atoms with E-state index in [0.717, 1.165) is 49.6 Å². The topological polar surface area (TPSA) is 47.3 Å². The van der Waals surface area contributed by atoms with E-state index in [1.807, 2.05) is 29.2 Å². The molecule has 0 unspecified atom stereocenters. The number of carbonyl (C=O) groups is 1. The van der Waals surface area contributed by atoms with Crippen molar-refractivity contribution in [1.29, 1.82) is 5.26 Å². The van der Waals surface area contributed by atoms with E-state index in [1.54, 1.807) is 22.7 Å². The predicted octanol–water partition coefficient (Wildman–Crippen LogP) is 4.18. The summed E-state index contributed by atoms with van der Waals surface area (Å²) in [6.45, 7) is 4.22. The smallest absolute Gasteiger partial charge is 0.264 e. The number of nitriles is 1. The highest BCUT2D eigenvalue weighted by Gasteiger charge is 2.22. The van der Waals surface area contributed by atoms with Gasteiger partial charge in [-0.15, -0.1) is 22.7 Å². The lowest BCUT2D eigenvalue weighted by Crippen LogP contribution is -2.34. The van der Waals surface area contributed by atoms with Crippen molar-refractivity contribution in [2.24, 2.45) is 0 Å². The predicted molar refractivity (Wildman–Crippen MR) is 107 cm³/mol. The Morgan fingerprint density at radius 1 is 1.12 bits per heavy atom. The molecule has 3 aromatic rings. The number of carbonyl (C=O) groups excluding carboxylic acids is 1. The molecule has 0 aliphatic carbocycles. The number of amides is 1. The van der Waals surface area contributed by atoms with Crippen molar-refractivity contribution in [2.45, 2.75) is 13.0 Å². The molecule has 3 heterocycles. The van der Waals surface area contributed by atoms with Gasteiger partial charge in [0.15, 0.2) is 0 Å². The summed E-state index contributed by atoms with van der Waals surface area (Å²) in [5.41, 5.74) is 1.86. The Hall–Kier alpha value is -2.20. The van der Waals surface area contributed by atoms with E-state index >= 15 is 0 Å². The molecule has 0 spiro atoms. The van der Waals surface area contributed by atoms with Crippen molar-refractivity contribution in [3.8, 4) is 6.07 Å². The van der Waals surface area contributed by atoms with Gasteiger partial charge in [0, 0.05) is 42.1 Å². The van der Waals surface area contributed by atoms with Gasteiger partial charge in [-0.2, -0.15) is 5.26 Å². The monoisotopic (exact) mass is 381 g/mol. The maximum absolute atomic E-state index is 12.9. The summed E-state index contributed by atoms with van der Waals surface area (Å²) >= 11 is 3.28. The molecule has 0 atom stereocenters. The highest BCUT2D eigenvalue weighted by molar-refractivity contribution is 7.27. The average molecular weight is 382 g/mol.